The highest BCUT2D eigenvalue weighted by atomic mass is 16.6. The summed E-state index contributed by atoms with van der Waals surface area (Å²) in [6, 6.07) is 0. The number of unbranched alkanes of at least 4 members (excludes halogenated alkanes) is 34. The number of ether oxygens (including phenoxy) is 3. The molecule has 0 aliphatic rings. The number of allylic oxidation sites excluding steroid dienone is 16. The van der Waals surface area contributed by atoms with Gasteiger partial charge in [0.15, 0.2) is 6.10 Å². The standard InChI is InChI=1S/C73H126O6/c1-4-7-10-13-16-19-22-24-26-28-30-32-34-35-36-37-39-40-42-44-46-48-51-54-57-60-63-66-72(75)78-69-70(68-77-71(74)65-62-59-56-53-50-21-18-15-12-9-6-3)79-73(76)67-64-61-58-55-52-49-47-45-43-41-38-33-31-29-27-25-23-20-17-14-11-8-5-2/h7,10,15-16,18-19,23-26,29-32,38,41,70H,4-6,8-9,11-14,17,20-22,27-28,33-37,39-40,42-69H2,1-3H3/b10-7-,18-15-,19-16-,25-23-,26-24-,31-29-,32-30-,41-38-. The average Bonchev–Trinajstić information content (AvgIpc) is 3.45. The third kappa shape index (κ3) is 65.0. The van der Waals surface area contributed by atoms with Crippen molar-refractivity contribution in [2.24, 2.45) is 0 Å². The molecule has 0 heterocycles. The molecular weight excluding hydrogens is 973 g/mol. The van der Waals surface area contributed by atoms with Crippen LogP contribution in [0, 0.1) is 0 Å². The Morgan fingerprint density at radius 1 is 0.266 bits per heavy atom. The molecule has 1 unspecified atom stereocenters. The SMILES string of the molecule is CC/C=C\C/C=C\C/C=C\C/C=C\CCCCCCCCCCCCCCCCC(=O)OCC(COC(=O)CCCCCCC/C=C\CCCC)OC(=O)CCCCCCCCCC/C=C\C/C=C\C/C=C\CCCCCCC. The van der Waals surface area contributed by atoms with E-state index in [1.807, 2.05) is 0 Å². The zero-order chi connectivity index (χ0) is 57.1. The van der Waals surface area contributed by atoms with Gasteiger partial charge < -0.3 is 14.2 Å². The second-order valence-corrected chi connectivity index (χ2v) is 22.3. The second-order valence-electron chi connectivity index (χ2n) is 22.3. The number of hydrogen-bond acceptors (Lipinski definition) is 6. The number of hydrogen-bond donors (Lipinski definition) is 0. The van der Waals surface area contributed by atoms with E-state index in [9.17, 15) is 14.4 Å². The molecule has 0 N–H and O–H groups in total. The van der Waals surface area contributed by atoms with Crippen molar-refractivity contribution in [3.05, 3.63) is 97.2 Å². The second kappa shape index (κ2) is 66.8. The molecule has 6 nitrogen and oxygen atoms in total. The Labute approximate surface area is 489 Å². The molecule has 0 spiro atoms. The van der Waals surface area contributed by atoms with Gasteiger partial charge in [-0.15, -0.1) is 0 Å². The van der Waals surface area contributed by atoms with Crippen LogP contribution in [0.15, 0.2) is 97.2 Å². The molecule has 0 bridgehead atoms. The fourth-order valence-corrected chi connectivity index (χ4v) is 9.48. The van der Waals surface area contributed by atoms with Gasteiger partial charge in [0.2, 0.25) is 0 Å². The molecule has 0 aromatic carbocycles. The fraction of sp³-hybridized carbons (Fsp3) is 0.740. The van der Waals surface area contributed by atoms with Gasteiger partial charge in [0, 0.05) is 19.3 Å². The van der Waals surface area contributed by atoms with Gasteiger partial charge in [-0.2, -0.15) is 0 Å². The highest BCUT2D eigenvalue weighted by Crippen LogP contribution is 2.17. The topological polar surface area (TPSA) is 78.9 Å². The Balaban J connectivity index is 4.25. The van der Waals surface area contributed by atoms with E-state index in [4.69, 9.17) is 14.2 Å². The number of rotatable bonds is 61. The van der Waals surface area contributed by atoms with Crippen molar-refractivity contribution in [2.75, 3.05) is 13.2 Å². The van der Waals surface area contributed by atoms with Crippen molar-refractivity contribution < 1.29 is 28.6 Å². The lowest BCUT2D eigenvalue weighted by molar-refractivity contribution is -0.167. The third-order valence-corrected chi connectivity index (χ3v) is 14.5. The molecule has 6 heteroatoms. The van der Waals surface area contributed by atoms with Crippen molar-refractivity contribution in [3.63, 3.8) is 0 Å². The summed E-state index contributed by atoms with van der Waals surface area (Å²) < 4.78 is 16.9. The van der Waals surface area contributed by atoms with Gasteiger partial charge in [-0.1, -0.05) is 291 Å². The monoisotopic (exact) mass is 1100 g/mol. The van der Waals surface area contributed by atoms with E-state index >= 15 is 0 Å². The Hall–Kier alpha value is -3.67. The van der Waals surface area contributed by atoms with Crippen LogP contribution in [0.4, 0.5) is 0 Å². The van der Waals surface area contributed by atoms with Crippen LogP contribution >= 0.6 is 0 Å². The van der Waals surface area contributed by atoms with Gasteiger partial charge in [-0.25, -0.2) is 0 Å². The molecule has 0 rings (SSSR count). The summed E-state index contributed by atoms with van der Waals surface area (Å²) >= 11 is 0. The predicted octanol–water partition coefficient (Wildman–Crippen LogP) is 23.2. The summed E-state index contributed by atoms with van der Waals surface area (Å²) in [4.78, 5) is 38.3. The predicted molar refractivity (Wildman–Crippen MR) is 344 cm³/mol. The largest absolute Gasteiger partial charge is 0.462 e. The van der Waals surface area contributed by atoms with Crippen LogP contribution in [-0.4, -0.2) is 37.2 Å². The first-order valence-electron chi connectivity index (χ1n) is 33.7. The maximum absolute atomic E-state index is 12.9. The van der Waals surface area contributed by atoms with Gasteiger partial charge in [0.25, 0.3) is 0 Å². The summed E-state index contributed by atoms with van der Waals surface area (Å²) in [5.74, 6) is -0.888. The first-order valence-corrected chi connectivity index (χ1v) is 33.7. The summed E-state index contributed by atoms with van der Waals surface area (Å²) in [5.41, 5.74) is 0. The van der Waals surface area contributed by atoms with Crippen molar-refractivity contribution in [3.8, 4) is 0 Å². The maximum Gasteiger partial charge on any atom is 0.306 e. The Morgan fingerprint density at radius 3 is 0.823 bits per heavy atom. The summed E-state index contributed by atoms with van der Waals surface area (Å²) in [6.07, 6.45) is 90.0. The maximum atomic E-state index is 12.9. The smallest absolute Gasteiger partial charge is 0.306 e. The molecule has 0 radical (unpaired) electrons. The van der Waals surface area contributed by atoms with Crippen molar-refractivity contribution in [2.45, 2.75) is 335 Å². The quantitative estimate of drug-likeness (QED) is 0.0261. The Morgan fingerprint density at radius 2 is 0.506 bits per heavy atom. The minimum atomic E-state index is -0.786. The molecule has 79 heavy (non-hydrogen) atoms. The summed E-state index contributed by atoms with van der Waals surface area (Å²) in [7, 11) is 0. The summed E-state index contributed by atoms with van der Waals surface area (Å²) in [6.45, 7) is 6.49. The first kappa shape index (κ1) is 75.3. The Kier molecular flexibility index (Phi) is 63.7. The van der Waals surface area contributed by atoms with Crippen LogP contribution < -0.4 is 0 Å². The van der Waals surface area contributed by atoms with Gasteiger partial charge in [0.05, 0.1) is 0 Å². The van der Waals surface area contributed by atoms with E-state index in [0.717, 1.165) is 109 Å². The molecule has 0 aromatic rings. The molecule has 454 valence electrons. The normalized spacial score (nSPS) is 12.7. The van der Waals surface area contributed by atoms with E-state index in [-0.39, 0.29) is 31.1 Å². The molecule has 1 atom stereocenters. The molecule has 0 saturated heterocycles. The van der Waals surface area contributed by atoms with E-state index in [2.05, 4.69) is 118 Å². The third-order valence-electron chi connectivity index (χ3n) is 14.5. The van der Waals surface area contributed by atoms with Gasteiger partial charge in [0.1, 0.15) is 13.2 Å². The molecule has 0 saturated carbocycles. The molecule has 0 aliphatic carbocycles. The van der Waals surface area contributed by atoms with Crippen molar-refractivity contribution in [1.29, 1.82) is 0 Å². The number of carbonyl (C=O) groups is 3. The Bertz CT molecular complexity index is 1540. The first-order chi connectivity index (χ1) is 39.0. The minimum Gasteiger partial charge on any atom is -0.462 e. The lowest BCUT2D eigenvalue weighted by Crippen LogP contribution is -2.30. The van der Waals surface area contributed by atoms with E-state index in [1.54, 1.807) is 0 Å². The van der Waals surface area contributed by atoms with Crippen LogP contribution in [0.3, 0.4) is 0 Å². The highest BCUT2D eigenvalue weighted by molar-refractivity contribution is 5.71. The minimum absolute atomic E-state index is 0.0819. The number of carbonyl (C=O) groups excluding carboxylic acids is 3. The summed E-state index contributed by atoms with van der Waals surface area (Å²) in [5, 5.41) is 0. The molecule has 0 fully saturated rings. The van der Waals surface area contributed by atoms with E-state index in [1.165, 1.54) is 180 Å². The van der Waals surface area contributed by atoms with Crippen molar-refractivity contribution in [1.82, 2.24) is 0 Å². The zero-order valence-corrected chi connectivity index (χ0v) is 52.1. The van der Waals surface area contributed by atoms with Gasteiger partial charge >= 0.3 is 17.9 Å². The lowest BCUT2D eigenvalue weighted by atomic mass is 10.0. The van der Waals surface area contributed by atoms with Crippen LogP contribution in [0.1, 0.15) is 329 Å². The van der Waals surface area contributed by atoms with E-state index < -0.39 is 6.10 Å². The average molecular weight is 1100 g/mol. The van der Waals surface area contributed by atoms with Crippen LogP contribution in [0.2, 0.25) is 0 Å². The fourth-order valence-electron chi connectivity index (χ4n) is 9.48. The van der Waals surface area contributed by atoms with Crippen LogP contribution in [0.25, 0.3) is 0 Å². The molecule has 0 amide bonds. The molecule has 0 aliphatic heterocycles. The zero-order valence-electron chi connectivity index (χ0n) is 52.1. The van der Waals surface area contributed by atoms with E-state index in [0.29, 0.717) is 19.3 Å². The van der Waals surface area contributed by atoms with Gasteiger partial charge in [-0.05, 0) is 116 Å². The molecule has 0 aromatic heterocycles. The molecular formula is C73H126O6. The lowest BCUT2D eigenvalue weighted by Gasteiger charge is -2.18. The van der Waals surface area contributed by atoms with Crippen molar-refractivity contribution >= 4 is 17.9 Å². The van der Waals surface area contributed by atoms with Gasteiger partial charge in [-0.3, -0.25) is 14.4 Å². The van der Waals surface area contributed by atoms with Crippen LogP contribution in [0.5, 0.6) is 0 Å². The van der Waals surface area contributed by atoms with Crippen LogP contribution in [-0.2, 0) is 28.6 Å². The number of esters is 3. The highest BCUT2D eigenvalue weighted by Gasteiger charge is 2.19.